The monoisotopic (exact) mass is 294 g/mol. The highest BCUT2D eigenvalue weighted by molar-refractivity contribution is 5.44. The fourth-order valence-corrected chi connectivity index (χ4v) is 4.13. The van der Waals surface area contributed by atoms with E-state index in [1.807, 2.05) is 13.0 Å². The lowest BCUT2D eigenvalue weighted by Crippen LogP contribution is -2.38. The summed E-state index contributed by atoms with van der Waals surface area (Å²) in [4.78, 5) is 7.19. The first-order valence-electron chi connectivity index (χ1n) is 7.92. The van der Waals surface area contributed by atoms with E-state index in [2.05, 4.69) is 37.8 Å². The van der Waals surface area contributed by atoms with Crippen molar-refractivity contribution in [1.29, 1.82) is 0 Å². The van der Waals surface area contributed by atoms with E-state index in [1.165, 1.54) is 24.1 Å². The van der Waals surface area contributed by atoms with Crippen molar-refractivity contribution < 1.29 is 4.42 Å². The van der Waals surface area contributed by atoms with Crippen molar-refractivity contribution in [2.45, 2.75) is 44.8 Å². The van der Waals surface area contributed by atoms with Crippen molar-refractivity contribution in [3.05, 3.63) is 53.4 Å². The van der Waals surface area contributed by atoms with E-state index in [1.54, 1.807) is 6.26 Å². The van der Waals surface area contributed by atoms with Gasteiger partial charge < -0.3 is 4.42 Å². The van der Waals surface area contributed by atoms with E-state index in [0.29, 0.717) is 12.1 Å². The lowest BCUT2D eigenvalue weighted by Gasteiger charge is -2.35. The van der Waals surface area contributed by atoms with Gasteiger partial charge in [-0.15, -0.1) is 0 Å². The molecule has 0 aromatic carbocycles. The number of aryl methyl sites for hydroxylation is 1. The topological polar surface area (TPSA) is 46.6 Å². The Bertz CT molecular complexity index is 836. The minimum Gasteiger partial charge on any atom is -0.468 e. The number of aromatic nitrogens is 3. The Morgan fingerprint density at radius 3 is 3.18 bits per heavy atom. The summed E-state index contributed by atoms with van der Waals surface area (Å²) in [5.41, 5.74) is 4.69. The minimum absolute atomic E-state index is 0.445. The molecule has 0 radical (unpaired) electrons. The predicted octanol–water partition coefficient (Wildman–Crippen LogP) is 2.89. The van der Waals surface area contributed by atoms with E-state index in [0.717, 1.165) is 30.1 Å². The van der Waals surface area contributed by atoms with Gasteiger partial charge in [-0.1, -0.05) is 0 Å². The standard InChI is InChI=1S/C17H18N4O/c1-11-7-17-18-9-14-15-5-4-12(8-16(14)21(17)19-11)20(15)10-13-3-2-6-22-13/h2-3,6-7,9,12,15H,4-5,8,10H2,1H3/t12-,15+/m1/s1. The first-order chi connectivity index (χ1) is 10.8. The van der Waals surface area contributed by atoms with E-state index in [-0.39, 0.29) is 0 Å². The molecule has 2 atom stereocenters. The van der Waals surface area contributed by atoms with E-state index in [4.69, 9.17) is 4.42 Å². The summed E-state index contributed by atoms with van der Waals surface area (Å²) in [6.45, 7) is 2.92. The second-order valence-corrected chi connectivity index (χ2v) is 6.42. The Morgan fingerprint density at radius 1 is 1.36 bits per heavy atom. The Morgan fingerprint density at radius 2 is 2.32 bits per heavy atom. The van der Waals surface area contributed by atoms with Crippen molar-refractivity contribution in [3.63, 3.8) is 0 Å². The molecule has 0 N–H and O–H groups in total. The van der Waals surface area contributed by atoms with Gasteiger partial charge in [-0.25, -0.2) is 9.50 Å². The molecule has 0 saturated carbocycles. The molecule has 3 aromatic rings. The summed E-state index contributed by atoms with van der Waals surface area (Å²) in [7, 11) is 0. The molecule has 2 bridgehead atoms. The molecule has 5 nitrogen and oxygen atoms in total. The van der Waals surface area contributed by atoms with Crippen LogP contribution >= 0.6 is 0 Å². The highest BCUT2D eigenvalue weighted by atomic mass is 16.3. The molecule has 2 aliphatic rings. The van der Waals surface area contributed by atoms with Crippen molar-refractivity contribution in [2.75, 3.05) is 0 Å². The fraction of sp³-hybridized carbons (Fsp3) is 0.412. The average molecular weight is 294 g/mol. The van der Waals surface area contributed by atoms with Crippen LogP contribution in [0.3, 0.4) is 0 Å². The van der Waals surface area contributed by atoms with Crippen molar-refractivity contribution in [1.82, 2.24) is 19.5 Å². The molecule has 5 heteroatoms. The lowest BCUT2D eigenvalue weighted by molar-refractivity contribution is 0.152. The smallest absolute Gasteiger partial charge is 0.155 e. The summed E-state index contributed by atoms with van der Waals surface area (Å²) in [5.74, 6) is 1.05. The summed E-state index contributed by atoms with van der Waals surface area (Å²) in [5, 5.41) is 4.64. The Kier molecular flexibility index (Phi) is 2.50. The van der Waals surface area contributed by atoms with E-state index >= 15 is 0 Å². The Balaban J connectivity index is 1.59. The van der Waals surface area contributed by atoms with Gasteiger partial charge in [0.2, 0.25) is 0 Å². The van der Waals surface area contributed by atoms with Gasteiger partial charge in [-0.2, -0.15) is 5.10 Å². The first kappa shape index (κ1) is 12.4. The number of rotatable bonds is 2. The number of hydrogen-bond donors (Lipinski definition) is 0. The molecule has 112 valence electrons. The van der Waals surface area contributed by atoms with E-state index in [9.17, 15) is 0 Å². The van der Waals surface area contributed by atoms with Crippen LogP contribution in [0.15, 0.2) is 35.1 Å². The molecular weight excluding hydrogens is 276 g/mol. The molecule has 22 heavy (non-hydrogen) atoms. The van der Waals surface area contributed by atoms with Crippen LogP contribution in [-0.4, -0.2) is 25.5 Å². The third kappa shape index (κ3) is 1.69. The molecule has 0 amide bonds. The Labute approximate surface area is 128 Å². The van der Waals surface area contributed by atoms with Crippen LogP contribution in [0.1, 0.15) is 41.6 Å². The van der Waals surface area contributed by atoms with Gasteiger partial charge in [0.05, 0.1) is 24.2 Å². The Hall–Kier alpha value is -2.14. The zero-order chi connectivity index (χ0) is 14.7. The summed E-state index contributed by atoms with van der Waals surface area (Å²) in [6, 6.07) is 7.11. The summed E-state index contributed by atoms with van der Waals surface area (Å²) >= 11 is 0. The maximum absolute atomic E-state index is 5.55. The van der Waals surface area contributed by atoms with Crippen molar-refractivity contribution in [3.8, 4) is 0 Å². The van der Waals surface area contributed by atoms with Crippen LogP contribution in [0.25, 0.3) is 5.65 Å². The van der Waals surface area contributed by atoms with Crippen LogP contribution < -0.4 is 0 Å². The minimum atomic E-state index is 0.445. The highest BCUT2D eigenvalue weighted by Gasteiger charge is 2.41. The SMILES string of the molecule is Cc1cc2ncc3c(n2n1)C[C@H]1CC[C@@H]3N1Cc1ccco1. The molecule has 0 spiro atoms. The fourth-order valence-electron chi connectivity index (χ4n) is 4.13. The van der Waals surface area contributed by atoms with Gasteiger partial charge in [-0.05, 0) is 31.9 Å². The number of fused-ring (bicyclic) bond motifs is 6. The molecule has 2 aliphatic heterocycles. The van der Waals surface area contributed by atoms with Gasteiger partial charge in [-0.3, -0.25) is 4.90 Å². The molecule has 0 aliphatic carbocycles. The average Bonchev–Trinajstić information content (AvgIpc) is 3.19. The quantitative estimate of drug-likeness (QED) is 0.729. The van der Waals surface area contributed by atoms with Gasteiger partial charge in [0.25, 0.3) is 0 Å². The van der Waals surface area contributed by atoms with E-state index < -0.39 is 0 Å². The third-order valence-corrected chi connectivity index (χ3v) is 5.09. The van der Waals surface area contributed by atoms with Gasteiger partial charge in [0.1, 0.15) is 5.76 Å². The van der Waals surface area contributed by atoms with Crippen LogP contribution in [0.4, 0.5) is 0 Å². The zero-order valence-electron chi connectivity index (χ0n) is 12.6. The van der Waals surface area contributed by atoms with Crippen molar-refractivity contribution >= 4 is 5.65 Å². The second-order valence-electron chi connectivity index (χ2n) is 6.42. The normalized spacial score (nSPS) is 24.0. The maximum atomic E-state index is 5.55. The zero-order valence-corrected chi connectivity index (χ0v) is 12.6. The summed E-state index contributed by atoms with van der Waals surface area (Å²) < 4.78 is 7.60. The van der Waals surface area contributed by atoms with Crippen LogP contribution in [0, 0.1) is 6.92 Å². The molecule has 5 rings (SSSR count). The van der Waals surface area contributed by atoms with Crippen LogP contribution in [0.5, 0.6) is 0 Å². The van der Waals surface area contributed by atoms with Gasteiger partial charge >= 0.3 is 0 Å². The maximum Gasteiger partial charge on any atom is 0.155 e. The molecule has 1 fully saturated rings. The molecule has 1 saturated heterocycles. The summed E-state index contributed by atoms with van der Waals surface area (Å²) in [6.07, 6.45) is 7.31. The number of furan rings is 1. The first-order valence-corrected chi connectivity index (χ1v) is 7.92. The second kappa shape index (κ2) is 4.43. The number of nitrogens with zero attached hydrogens (tertiary/aromatic N) is 4. The molecule has 5 heterocycles. The number of hydrogen-bond acceptors (Lipinski definition) is 4. The van der Waals surface area contributed by atoms with Gasteiger partial charge in [0.15, 0.2) is 5.65 Å². The molecular formula is C17H18N4O. The molecule has 0 unspecified atom stereocenters. The van der Waals surface area contributed by atoms with Crippen LogP contribution in [-0.2, 0) is 13.0 Å². The van der Waals surface area contributed by atoms with Gasteiger partial charge in [0, 0.05) is 36.3 Å². The van der Waals surface area contributed by atoms with Crippen molar-refractivity contribution in [2.24, 2.45) is 0 Å². The highest BCUT2D eigenvalue weighted by Crippen LogP contribution is 2.44. The van der Waals surface area contributed by atoms with Crippen LogP contribution in [0.2, 0.25) is 0 Å². The third-order valence-electron chi connectivity index (χ3n) is 5.09. The lowest BCUT2D eigenvalue weighted by atomic mass is 9.99. The predicted molar refractivity (Wildman–Crippen MR) is 81.4 cm³/mol. The molecule has 3 aromatic heterocycles. The largest absolute Gasteiger partial charge is 0.468 e.